The molecule has 1 rings (SSSR count). The van der Waals surface area contributed by atoms with E-state index < -0.39 is 0 Å². The summed E-state index contributed by atoms with van der Waals surface area (Å²) in [4.78, 5) is 14.6. The summed E-state index contributed by atoms with van der Waals surface area (Å²) in [5, 5.41) is 0. The molecule has 19 heavy (non-hydrogen) atoms. The number of rotatable bonds is 6. The van der Waals surface area contributed by atoms with Crippen molar-refractivity contribution in [2.24, 2.45) is 17.6 Å². The molecule has 0 radical (unpaired) electrons. The summed E-state index contributed by atoms with van der Waals surface area (Å²) in [7, 11) is 0. The Morgan fingerprint density at radius 2 is 1.89 bits per heavy atom. The highest BCUT2D eigenvalue weighted by Crippen LogP contribution is 2.16. The van der Waals surface area contributed by atoms with Crippen molar-refractivity contribution in [3.8, 4) is 0 Å². The lowest BCUT2D eigenvalue weighted by Crippen LogP contribution is -2.43. The van der Waals surface area contributed by atoms with Gasteiger partial charge in [-0.3, -0.25) is 4.79 Å². The molecule has 0 aliphatic carbocycles. The van der Waals surface area contributed by atoms with Gasteiger partial charge in [0, 0.05) is 13.1 Å². The molecule has 0 aliphatic heterocycles. The molecule has 104 valence electrons. The van der Waals surface area contributed by atoms with E-state index in [1.165, 1.54) is 0 Å². The topological polar surface area (TPSA) is 46.3 Å². The Kier molecular flexibility index (Phi) is 5.96. The third-order valence-corrected chi connectivity index (χ3v) is 3.40. The zero-order valence-corrected chi connectivity index (χ0v) is 12.6. The van der Waals surface area contributed by atoms with Crippen LogP contribution in [0.3, 0.4) is 0 Å². The zero-order chi connectivity index (χ0) is 14.4. The molecule has 0 spiro atoms. The molecule has 0 saturated carbocycles. The molecular weight excluding hydrogens is 256 g/mol. The standard InChI is InChI=1S/C15H22N2OS/c1-4-17(10-12-8-6-5-7-9-12)15(18)13(11(2)3)14(16)19/h5-9,11,13H,4,10H2,1-3H3,(H2,16,19). The second-order valence-corrected chi connectivity index (χ2v) is 5.43. The van der Waals surface area contributed by atoms with Gasteiger partial charge in [-0.05, 0) is 18.4 Å². The van der Waals surface area contributed by atoms with E-state index in [0.29, 0.717) is 13.1 Å². The predicted molar refractivity (Wildman–Crippen MR) is 82.6 cm³/mol. The average Bonchev–Trinajstić information content (AvgIpc) is 2.36. The van der Waals surface area contributed by atoms with E-state index in [2.05, 4.69) is 0 Å². The summed E-state index contributed by atoms with van der Waals surface area (Å²) < 4.78 is 0. The van der Waals surface area contributed by atoms with Gasteiger partial charge in [0.2, 0.25) is 5.91 Å². The second kappa shape index (κ2) is 7.24. The number of thiocarbonyl (C=S) groups is 1. The van der Waals surface area contributed by atoms with Crippen LogP contribution in [0, 0.1) is 11.8 Å². The van der Waals surface area contributed by atoms with Crippen LogP contribution in [-0.4, -0.2) is 22.3 Å². The molecule has 1 atom stereocenters. The predicted octanol–water partition coefficient (Wildman–Crippen LogP) is 2.59. The van der Waals surface area contributed by atoms with Crippen LogP contribution in [0.15, 0.2) is 30.3 Å². The number of nitrogens with zero attached hydrogens (tertiary/aromatic N) is 1. The van der Waals surface area contributed by atoms with Gasteiger partial charge >= 0.3 is 0 Å². The van der Waals surface area contributed by atoms with Crippen molar-refractivity contribution in [3.63, 3.8) is 0 Å². The van der Waals surface area contributed by atoms with Gasteiger partial charge in [0.1, 0.15) is 0 Å². The van der Waals surface area contributed by atoms with Crippen LogP contribution in [0.25, 0.3) is 0 Å². The number of amides is 1. The van der Waals surface area contributed by atoms with Gasteiger partial charge in [-0.25, -0.2) is 0 Å². The van der Waals surface area contributed by atoms with Crippen molar-refractivity contribution >= 4 is 23.1 Å². The molecule has 1 amide bonds. The lowest BCUT2D eigenvalue weighted by Gasteiger charge is -2.28. The minimum atomic E-state index is -0.376. The summed E-state index contributed by atoms with van der Waals surface area (Å²) in [5.41, 5.74) is 6.82. The molecule has 1 unspecified atom stereocenters. The number of hydrogen-bond donors (Lipinski definition) is 1. The largest absolute Gasteiger partial charge is 0.393 e. The molecule has 0 fully saturated rings. The average molecular weight is 278 g/mol. The molecule has 1 aromatic carbocycles. The van der Waals surface area contributed by atoms with Gasteiger partial charge in [-0.15, -0.1) is 0 Å². The Labute approximate surface area is 120 Å². The van der Waals surface area contributed by atoms with Crippen LogP contribution in [0.1, 0.15) is 26.3 Å². The van der Waals surface area contributed by atoms with Crippen molar-refractivity contribution in [2.75, 3.05) is 6.54 Å². The highest BCUT2D eigenvalue weighted by atomic mass is 32.1. The highest BCUT2D eigenvalue weighted by molar-refractivity contribution is 7.80. The van der Waals surface area contributed by atoms with Crippen molar-refractivity contribution in [1.29, 1.82) is 0 Å². The molecule has 0 bridgehead atoms. The first-order valence-electron chi connectivity index (χ1n) is 6.59. The van der Waals surface area contributed by atoms with E-state index in [0.717, 1.165) is 5.56 Å². The third-order valence-electron chi connectivity index (χ3n) is 3.15. The maximum atomic E-state index is 12.5. The number of carbonyl (C=O) groups is 1. The summed E-state index contributed by atoms with van der Waals surface area (Å²) in [6.07, 6.45) is 0. The van der Waals surface area contributed by atoms with Crippen LogP contribution in [0.2, 0.25) is 0 Å². The molecule has 0 aromatic heterocycles. The van der Waals surface area contributed by atoms with Crippen LogP contribution in [0.5, 0.6) is 0 Å². The van der Waals surface area contributed by atoms with Gasteiger partial charge in [-0.1, -0.05) is 56.4 Å². The van der Waals surface area contributed by atoms with E-state index in [4.69, 9.17) is 18.0 Å². The molecule has 2 N–H and O–H groups in total. The lowest BCUT2D eigenvalue weighted by atomic mass is 9.94. The number of benzene rings is 1. The van der Waals surface area contributed by atoms with Gasteiger partial charge in [0.25, 0.3) is 0 Å². The monoisotopic (exact) mass is 278 g/mol. The van der Waals surface area contributed by atoms with Gasteiger partial charge in [0.05, 0.1) is 10.9 Å². The van der Waals surface area contributed by atoms with Gasteiger partial charge in [0.15, 0.2) is 0 Å². The van der Waals surface area contributed by atoms with E-state index in [-0.39, 0.29) is 22.7 Å². The van der Waals surface area contributed by atoms with Crippen molar-refractivity contribution in [3.05, 3.63) is 35.9 Å². The van der Waals surface area contributed by atoms with E-state index >= 15 is 0 Å². The van der Waals surface area contributed by atoms with Crippen LogP contribution in [-0.2, 0) is 11.3 Å². The Balaban J connectivity index is 2.84. The molecule has 0 aliphatic rings. The van der Waals surface area contributed by atoms with Crippen molar-refractivity contribution < 1.29 is 4.79 Å². The smallest absolute Gasteiger partial charge is 0.233 e. The summed E-state index contributed by atoms with van der Waals surface area (Å²) >= 11 is 5.03. The summed E-state index contributed by atoms with van der Waals surface area (Å²) in [6.45, 7) is 7.16. The molecule has 1 aromatic rings. The lowest BCUT2D eigenvalue weighted by molar-refractivity contribution is -0.134. The molecule has 3 nitrogen and oxygen atoms in total. The van der Waals surface area contributed by atoms with Crippen LogP contribution < -0.4 is 5.73 Å². The summed E-state index contributed by atoms with van der Waals surface area (Å²) in [5.74, 6) is -0.234. The zero-order valence-electron chi connectivity index (χ0n) is 11.8. The maximum absolute atomic E-state index is 12.5. The number of carbonyl (C=O) groups excluding carboxylic acids is 1. The van der Waals surface area contributed by atoms with Crippen molar-refractivity contribution in [1.82, 2.24) is 4.90 Å². The Bertz CT molecular complexity index is 431. The summed E-state index contributed by atoms with van der Waals surface area (Å²) in [6, 6.07) is 9.94. The van der Waals surface area contributed by atoms with Crippen LogP contribution >= 0.6 is 12.2 Å². The fraction of sp³-hybridized carbons (Fsp3) is 0.467. The number of nitrogens with two attached hydrogens (primary N) is 1. The first kappa shape index (κ1) is 15.6. The Hall–Kier alpha value is -1.42. The third kappa shape index (κ3) is 4.31. The molecule has 4 heteroatoms. The fourth-order valence-electron chi connectivity index (χ4n) is 2.08. The molecule has 0 heterocycles. The van der Waals surface area contributed by atoms with Gasteiger partial charge in [-0.2, -0.15) is 0 Å². The Morgan fingerprint density at radius 1 is 1.32 bits per heavy atom. The first-order valence-corrected chi connectivity index (χ1v) is 7.00. The van der Waals surface area contributed by atoms with Gasteiger partial charge < -0.3 is 10.6 Å². The maximum Gasteiger partial charge on any atom is 0.233 e. The first-order chi connectivity index (χ1) is 8.97. The quantitative estimate of drug-likeness (QED) is 0.814. The van der Waals surface area contributed by atoms with Crippen LogP contribution in [0.4, 0.5) is 0 Å². The Morgan fingerprint density at radius 3 is 2.32 bits per heavy atom. The minimum absolute atomic E-state index is 0.0221. The highest BCUT2D eigenvalue weighted by Gasteiger charge is 2.28. The van der Waals surface area contributed by atoms with E-state index in [1.54, 1.807) is 4.90 Å². The number of hydrogen-bond acceptors (Lipinski definition) is 2. The van der Waals surface area contributed by atoms with Crippen molar-refractivity contribution in [2.45, 2.75) is 27.3 Å². The minimum Gasteiger partial charge on any atom is -0.393 e. The molecular formula is C15H22N2OS. The SMILES string of the molecule is CCN(Cc1ccccc1)C(=O)C(C(N)=S)C(C)C. The second-order valence-electron chi connectivity index (χ2n) is 4.96. The molecule has 0 saturated heterocycles. The van der Waals surface area contributed by atoms with E-state index in [1.807, 2.05) is 51.1 Å². The normalized spacial score (nSPS) is 12.2. The fourth-order valence-corrected chi connectivity index (χ4v) is 2.45. The van der Waals surface area contributed by atoms with E-state index in [9.17, 15) is 4.79 Å².